The fraction of sp³-hybridized carbons (Fsp3) is 0.474. The molecule has 1 saturated heterocycles. The van der Waals surface area contributed by atoms with Crippen LogP contribution in [0.25, 0.3) is 0 Å². The summed E-state index contributed by atoms with van der Waals surface area (Å²) in [6, 6.07) is 8.58. The Morgan fingerprint density at radius 3 is 2.78 bits per heavy atom. The number of nitrogens with one attached hydrogen (secondary N) is 1. The van der Waals surface area contributed by atoms with Gasteiger partial charge in [-0.1, -0.05) is 15.9 Å². The van der Waals surface area contributed by atoms with Gasteiger partial charge in [-0.3, -0.25) is 4.99 Å². The zero-order valence-corrected chi connectivity index (χ0v) is 20.7. The number of guanidine groups is 1. The van der Waals surface area contributed by atoms with E-state index in [-0.39, 0.29) is 24.0 Å². The van der Waals surface area contributed by atoms with Crippen molar-refractivity contribution in [3.05, 3.63) is 44.8 Å². The van der Waals surface area contributed by atoms with Crippen molar-refractivity contribution in [2.45, 2.75) is 19.9 Å². The van der Waals surface area contributed by atoms with E-state index in [9.17, 15) is 0 Å². The molecule has 148 valence electrons. The lowest BCUT2D eigenvalue weighted by Gasteiger charge is -2.23. The van der Waals surface area contributed by atoms with Crippen molar-refractivity contribution in [3.8, 4) is 0 Å². The van der Waals surface area contributed by atoms with E-state index in [0.29, 0.717) is 5.92 Å². The first kappa shape index (κ1) is 22.4. The molecule has 0 radical (unpaired) electrons. The second-order valence-electron chi connectivity index (χ2n) is 6.72. The molecule has 8 heteroatoms. The van der Waals surface area contributed by atoms with Crippen LogP contribution in [0.4, 0.5) is 5.69 Å². The van der Waals surface area contributed by atoms with E-state index in [1.807, 2.05) is 14.0 Å². The smallest absolute Gasteiger partial charge is 0.193 e. The van der Waals surface area contributed by atoms with Crippen molar-refractivity contribution in [3.63, 3.8) is 0 Å². The first-order valence-electron chi connectivity index (χ1n) is 8.88. The Bertz CT molecular complexity index is 749. The summed E-state index contributed by atoms with van der Waals surface area (Å²) < 4.78 is 1.13. The minimum atomic E-state index is 0. The average molecular weight is 564 g/mol. The quantitative estimate of drug-likeness (QED) is 0.333. The molecule has 0 bridgehead atoms. The number of aliphatic imine (C=N–C) groups is 1. The first-order chi connectivity index (χ1) is 12.5. The van der Waals surface area contributed by atoms with Crippen LogP contribution >= 0.6 is 51.2 Å². The van der Waals surface area contributed by atoms with Gasteiger partial charge in [0.25, 0.3) is 0 Å². The van der Waals surface area contributed by atoms with Gasteiger partial charge in [-0.05, 0) is 43.5 Å². The number of nitrogens with zero attached hydrogens (tertiary/aromatic N) is 4. The van der Waals surface area contributed by atoms with Crippen LogP contribution < -0.4 is 10.2 Å². The number of aromatic nitrogens is 1. The van der Waals surface area contributed by atoms with E-state index in [1.54, 1.807) is 11.3 Å². The summed E-state index contributed by atoms with van der Waals surface area (Å²) in [5, 5.41) is 6.76. The van der Waals surface area contributed by atoms with E-state index < -0.39 is 0 Å². The Kier molecular flexibility index (Phi) is 8.81. The SMILES string of the molecule is CN=C(NCC1CCN(c2ccc(Br)cc2)C1)N(C)Cc1csc(C)n1.I. The lowest BCUT2D eigenvalue weighted by molar-refractivity contribution is 0.458. The van der Waals surface area contributed by atoms with Crippen LogP contribution in [-0.4, -0.2) is 49.6 Å². The summed E-state index contributed by atoms with van der Waals surface area (Å²) in [5.74, 6) is 1.56. The topological polar surface area (TPSA) is 43.8 Å². The number of hydrogen-bond acceptors (Lipinski definition) is 4. The highest BCUT2D eigenvalue weighted by Crippen LogP contribution is 2.25. The molecular formula is C19H27BrIN5S. The number of thiazole rings is 1. The van der Waals surface area contributed by atoms with Crippen LogP contribution in [0.15, 0.2) is 39.1 Å². The normalized spacial score (nSPS) is 17.0. The highest BCUT2D eigenvalue weighted by Gasteiger charge is 2.23. The maximum Gasteiger partial charge on any atom is 0.193 e. The summed E-state index contributed by atoms with van der Waals surface area (Å²) in [7, 11) is 3.90. The summed E-state index contributed by atoms with van der Waals surface area (Å²) in [6.07, 6.45) is 1.20. The van der Waals surface area contributed by atoms with E-state index in [4.69, 9.17) is 0 Å². The number of hydrogen-bond donors (Lipinski definition) is 1. The molecule has 27 heavy (non-hydrogen) atoms. The van der Waals surface area contributed by atoms with Gasteiger partial charge < -0.3 is 15.1 Å². The number of anilines is 1. The van der Waals surface area contributed by atoms with Gasteiger partial charge in [-0.15, -0.1) is 35.3 Å². The second-order valence-corrected chi connectivity index (χ2v) is 8.70. The van der Waals surface area contributed by atoms with Gasteiger partial charge >= 0.3 is 0 Å². The predicted octanol–water partition coefficient (Wildman–Crippen LogP) is 4.37. The molecule has 1 fully saturated rings. The zero-order valence-electron chi connectivity index (χ0n) is 16.0. The van der Waals surface area contributed by atoms with Crippen molar-refractivity contribution in [1.29, 1.82) is 0 Å². The largest absolute Gasteiger partial charge is 0.371 e. The van der Waals surface area contributed by atoms with Crippen LogP contribution in [0.1, 0.15) is 17.1 Å². The van der Waals surface area contributed by atoms with Gasteiger partial charge in [0, 0.05) is 49.3 Å². The van der Waals surface area contributed by atoms with Gasteiger partial charge in [0.15, 0.2) is 5.96 Å². The van der Waals surface area contributed by atoms with Crippen molar-refractivity contribution in [1.82, 2.24) is 15.2 Å². The summed E-state index contributed by atoms with van der Waals surface area (Å²) in [5.41, 5.74) is 2.40. The minimum absolute atomic E-state index is 0. The van der Waals surface area contributed by atoms with Crippen molar-refractivity contribution < 1.29 is 0 Å². The van der Waals surface area contributed by atoms with E-state index in [0.717, 1.165) is 47.3 Å². The third-order valence-electron chi connectivity index (χ3n) is 4.67. The van der Waals surface area contributed by atoms with Gasteiger partial charge in [-0.25, -0.2) is 4.98 Å². The molecule has 1 atom stereocenters. The number of rotatable bonds is 5. The maximum absolute atomic E-state index is 4.54. The van der Waals surface area contributed by atoms with Gasteiger partial charge in [0.2, 0.25) is 0 Å². The monoisotopic (exact) mass is 563 g/mol. The van der Waals surface area contributed by atoms with Crippen LogP contribution in [0.5, 0.6) is 0 Å². The third kappa shape index (κ3) is 6.32. The molecule has 1 unspecified atom stereocenters. The Hall–Kier alpha value is -0.870. The second kappa shape index (κ2) is 10.6. The van der Waals surface area contributed by atoms with Crippen molar-refractivity contribution in [2.24, 2.45) is 10.9 Å². The Morgan fingerprint density at radius 2 is 2.15 bits per heavy atom. The Balaban J connectivity index is 0.00000261. The molecule has 0 saturated carbocycles. The molecule has 0 spiro atoms. The summed E-state index contributed by atoms with van der Waals surface area (Å²) >= 11 is 5.19. The molecule has 3 rings (SSSR count). The van der Waals surface area contributed by atoms with E-state index in [1.165, 1.54) is 12.1 Å². The first-order valence-corrected chi connectivity index (χ1v) is 10.6. The fourth-order valence-corrected chi connectivity index (χ4v) is 4.17. The highest BCUT2D eigenvalue weighted by molar-refractivity contribution is 14.0. The van der Waals surface area contributed by atoms with Gasteiger partial charge in [0.05, 0.1) is 17.2 Å². The lowest BCUT2D eigenvalue weighted by atomic mass is 10.1. The third-order valence-corrected chi connectivity index (χ3v) is 6.02. The standard InChI is InChI=1S/C19H26BrN5S.HI/c1-14-23-17(13-26-14)12-24(3)19(21-2)22-10-15-8-9-25(11-15)18-6-4-16(20)5-7-18;/h4-7,13,15H,8-12H2,1-3H3,(H,21,22);1H. The van der Waals surface area contributed by atoms with Crippen molar-refractivity contribution >= 4 is 62.9 Å². The van der Waals surface area contributed by atoms with E-state index >= 15 is 0 Å². The van der Waals surface area contributed by atoms with Gasteiger partial charge in [-0.2, -0.15) is 0 Å². The summed E-state index contributed by atoms with van der Waals surface area (Å²) in [6.45, 7) is 5.96. The molecule has 0 amide bonds. The number of benzene rings is 1. The molecule has 1 N–H and O–H groups in total. The van der Waals surface area contributed by atoms with Crippen LogP contribution in [0.3, 0.4) is 0 Å². The Morgan fingerprint density at radius 1 is 1.41 bits per heavy atom. The van der Waals surface area contributed by atoms with Crippen LogP contribution in [0, 0.1) is 12.8 Å². The number of aryl methyl sites for hydroxylation is 1. The molecule has 0 aliphatic carbocycles. The Labute approximate surface area is 191 Å². The zero-order chi connectivity index (χ0) is 18.5. The van der Waals surface area contributed by atoms with Gasteiger partial charge in [0.1, 0.15) is 0 Å². The van der Waals surface area contributed by atoms with Crippen LogP contribution in [-0.2, 0) is 6.54 Å². The minimum Gasteiger partial charge on any atom is -0.371 e. The molecule has 5 nitrogen and oxygen atoms in total. The molecule has 1 aromatic heterocycles. The predicted molar refractivity (Wildman–Crippen MR) is 130 cm³/mol. The molecule has 1 aromatic carbocycles. The lowest BCUT2D eigenvalue weighted by Crippen LogP contribution is -2.41. The molecule has 1 aliphatic rings. The number of halogens is 2. The molecular weight excluding hydrogens is 537 g/mol. The van der Waals surface area contributed by atoms with Crippen molar-refractivity contribution in [2.75, 3.05) is 38.6 Å². The maximum atomic E-state index is 4.54. The fourth-order valence-electron chi connectivity index (χ4n) is 3.30. The van der Waals surface area contributed by atoms with Crippen LogP contribution in [0.2, 0.25) is 0 Å². The molecule has 2 heterocycles. The molecule has 1 aliphatic heterocycles. The summed E-state index contributed by atoms with van der Waals surface area (Å²) in [4.78, 5) is 13.6. The average Bonchev–Trinajstić information content (AvgIpc) is 3.25. The molecule has 2 aromatic rings. The van der Waals surface area contributed by atoms with E-state index in [2.05, 4.69) is 77.7 Å². The highest BCUT2D eigenvalue weighted by atomic mass is 127.